The molecule has 0 bridgehead atoms. The lowest BCUT2D eigenvalue weighted by Crippen LogP contribution is -2.37. The number of aliphatic hydroxyl groups excluding tert-OH is 1. The molecule has 2 fully saturated rings. The maximum atomic E-state index is 13.3. The van der Waals surface area contributed by atoms with Gasteiger partial charge in [0, 0.05) is 31.4 Å². The monoisotopic (exact) mass is 408 g/mol. The number of carbonyl (C=O) groups excluding carboxylic acids is 2. The van der Waals surface area contributed by atoms with Gasteiger partial charge in [0.15, 0.2) is 0 Å². The third-order valence-corrected chi connectivity index (χ3v) is 6.04. The van der Waals surface area contributed by atoms with Crippen LogP contribution < -0.4 is 4.90 Å². The van der Waals surface area contributed by atoms with Crippen LogP contribution in [0.1, 0.15) is 42.9 Å². The van der Waals surface area contributed by atoms with E-state index in [1.807, 2.05) is 43.3 Å². The van der Waals surface area contributed by atoms with Gasteiger partial charge in [0.25, 0.3) is 11.7 Å². The molecule has 1 saturated carbocycles. The summed E-state index contributed by atoms with van der Waals surface area (Å²) in [5.74, 6) is -1.97. The minimum Gasteiger partial charge on any atom is -0.507 e. The van der Waals surface area contributed by atoms with Crippen LogP contribution in [0.3, 0.4) is 0 Å². The number of hydrogen-bond acceptors (Lipinski definition) is 4. The average molecular weight is 408 g/mol. The van der Waals surface area contributed by atoms with Gasteiger partial charge in [0.05, 0.1) is 11.6 Å². The van der Waals surface area contributed by atoms with Crippen LogP contribution in [0.25, 0.3) is 5.76 Å². The number of amides is 1. The second-order valence-electron chi connectivity index (χ2n) is 8.14. The average Bonchev–Trinajstić information content (AvgIpc) is 3.35. The highest BCUT2D eigenvalue weighted by atomic mass is 19.1. The lowest BCUT2D eigenvalue weighted by Gasteiger charge is -2.31. The minimum atomic E-state index is -0.689. The number of Topliss-reactive ketones (excluding diaryl/α,β-unsaturated/α-hetero) is 1. The number of carbonyl (C=O) groups is 2. The first-order valence-corrected chi connectivity index (χ1v) is 10.2. The third kappa shape index (κ3) is 3.47. The predicted molar refractivity (Wildman–Crippen MR) is 114 cm³/mol. The van der Waals surface area contributed by atoms with Crippen LogP contribution in [0.5, 0.6) is 0 Å². The maximum absolute atomic E-state index is 13.3. The van der Waals surface area contributed by atoms with Crippen LogP contribution >= 0.6 is 0 Å². The van der Waals surface area contributed by atoms with Gasteiger partial charge < -0.3 is 14.9 Å². The molecule has 5 nitrogen and oxygen atoms in total. The molecule has 2 aromatic rings. The summed E-state index contributed by atoms with van der Waals surface area (Å²) in [6.45, 7) is 0. The Kier molecular flexibility index (Phi) is 5.33. The molecule has 6 heteroatoms. The topological polar surface area (TPSA) is 60.9 Å². The van der Waals surface area contributed by atoms with E-state index in [0.717, 1.165) is 36.9 Å². The summed E-state index contributed by atoms with van der Waals surface area (Å²) in [4.78, 5) is 29.7. The molecule has 1 N–H and O–H groups in total. The van der Waals surface area contributed by atoms with Gasteiger partial charge in [-0.1, -0.05) is 25.0 Å². The molecule has 4 rings (SSSR count). The number of anilines is 1. The number of rotatable bonds is 4. The van der Waals surface area contributed by atoms with Gasteiger partial charge in [0.2, 0.25) is 0 Å². The van der Waals surface area contributed by atoms with Crippen molar-refractivity contribution in [3.05, 3.63) is 71.0 Å². The summed E-state index contributed by atoms with van der Waals surface area (Å²) >= 11 is 0. The van der Waals surface area contributed by atoms with E-state index >= 15 is 0 Å². The van der Waals surface area contributed by atoms with E-state index in [-0.39, 0.29) is 17.4 Å². The van der Waals surface area contributed by atoms with Crippen molar-refractivity contribution < 1.29 is 19.1 Å². The van der Waals surface area contributed by atoms with Crippen LogP contribution in [-0.2, 0) is 9.59 Å². The van der Waals surface area contributed by atoms with Crippen molar-refractivity contribution in [3.63, 3.8) is 0 Å². The molecule has 1 saturated heterocycles. The van der Waals surface area contributed by atoms with Crippen molar-refractivity contribution in [2.75, 3.05) is 19.0 Å². The van der Waals surface area contributed by atoms with Crippen LogP contribution in [0.4, 0.5) is 10.1 Å². The number of nitrogens with zero attached hydrogens (tertiary/aromatic N) is 2. The first-order chi connectivity index (χ1) is 14.4. The number of hydrogen-bond donors (Lipinski definition) is 1. The zero-order valence-electron chi connectivity index (χ0n) is 17.1. The summed E-state index contributed by atoms with van der Waals surface area (Å²) in [6.07, 6.45) is 3.71. The summed E-state index contributed by atoms with van der Waals surface area (Å²) in [5.41, 5.74) is 2.15. The van der Waals surface area contributed by atoms with E-state index in [1.54, 1.807) is 4.90 Å². The van der Waals surface area contributed by atoms with E-state index < -0.39 is 23.5 Å². The van der Waals surface area contributed by atoms with Gasteiger partial charge in [-0.05, 0) is 54.8 Å². The Labute approximate surface area is 175 Å². The fraction of sp³-hybridized carbons (Fsp3) is 0.333. The number of halogens is 1. The van der Waals surface area contributed by atoms with E-state index in [1.165, 1.54) is 24.3 Å². The lowest BCUT2D eigenvalue weighted by molar-refractivity contribution is -0.141. The second kappa shape index (κ2) is 7.94. The Morgan fingerprint density at radius 3 is 2.17 bits per heavy atom. The Morgan fingerprint density at radius 1 is 1.00 bits per heavy atom. The highest BCUT2D eigenvalue weighted by Gasteiger charge is 2.49. The van der Waals surface area contributed by atoms with Crippen molar-refractivity contribution in [2.24, 2.45) is 0 Å². The van der Waals surface area contributed by atoms with Gasteiger partial charge in [-0.2, -0.15) is 0 Å². The number of aliphatic hydroxyl groups is 1. The highest BCUT2D eigenvalue weighted by molar-refractivity contribution is 6.46. The largest absolute Gasteiger partial charge is 0.507 e. The second-order valence-corrected chi connectivity index (χ2v) is 8.14. The summed E-state index contributed by atoms with van der Waals surface area (Å²) < 4.78 is 13.3. The zero-order chi connectivity index (χ0) is 21.4. The molecule has 1 aliphatic heterocycles. The van der Waals surface area contributed by atoms with E-state index in [4.69, 9.17) is 0 Å². The lowest BCUT2D eigenvalue weighted by atomic mass is 9.94. The SMILES string of the molecule is CN(C)c1ccc(C2/C(=C(/O)c3ccc(F)cc3)C(=O)C(=O)N2C2CCCC2)cc1. The molecule has 1 amide bonds. The molecule has 2 aliphatic rings. The molecule has 0 aromatic heterocycles. The van der Waals surface area contributed by atoms with E-state index in [9.17, 15) is 19.1 Å². The van der Waals surface area contributed by atoms with Crippen molar-refractivity contribution in [1.29, 1.82) is 0 Å². The Bertz CT molecular complexity index is 990. The van der Waals surface area contributed by atoms with Crippen LogP contribution in [-0.4, -0.2) is 41.8 Å². The van der Waals surface area contributed by atoms with Gasteiger partial charge >= 0.3 is 0 Å². The summed E-state index contributed by atoms with van der Waals surface area (Å²) in [5, 5.41) is 11.0. The van der Waals surface area contributed by atoms with Gasteiger partial charge in [-0.3, -0.25) is 9.59 Å². The first kappa shape index (κ1) is 20.1. The van der Waals surface area contributed by atoms with Gasteiger partial charge in [-0.25, -0.2) is 4.39 Å². The normalized spacial score (nSPS) is 21.4. The van der Waals surface area contributed by atoms with E-state index in [0.29, 0.717) is 5.56 Å². The summed E-state index contributed by atoms with van der Waals surface area (Å²) in [6, 6.07) is 12.3. The predicted octanol–water partition coefficient (Wildman–Crippen LogP) is 4.26. The maximum Gasteiger partial charge on any atom is 0.295 e. The molecule has 30 heavy (non-hydrogen) atoms. The fourth-order valence-corrected chi connectivity index (χ4v) is 4.45. The quantitative estimate of drug-likeness (QED) is 0.467. The number of likely N-dealkylation sites (tertiary alicyclic amines) is 1. The molecule has 1 atom stereocenters. The van der Waals surface area contributed by atoms with Crippen molar-refractivity contribution in [3.8, 4) is 0 Å². The molecule has 1 aliphatic carbocycles. The molecule has 0 radical (unpaired) electrons. The smallest absolute Gasteiger partial charge is 0.295 e. The standard InChI is InChI=1S/C24H25FN2O3/c1-26(2)18-13-9-15(10-14-18)21-20(22(28)16-7-11-17(25)12-8-16)23(29)24(30)27(21)19-5-3-4-6-19/h7-14,19,21,28H,3-6H2,1-2H3/b22-20-. The van der Waals surface area contributed by atoms with Gasteiger partial charge in [0.1, 0.15) is 11.6 Å². The van der Waals surface area contributed by atoms with Crippen molar-refractivity contribution >= 4 is 23.1 Å². The minimum absolute atomic E-state index is 0.0292. The Hall–Kier alpha value is -3.15. The van der Waals surface area contributed by atoms with Crippen LogP contribution in [0, 0.1) is 5.82 Å². The molecule has 0 spiro atoms. The molecular weight excluding hydrogens is 383 g/mol. The highest BCUT2D eigenvalue weighted by Crippen LogP contribution is 2.43. The van der Waals surface area contributed by atoms with E-state index in [2.05, 4.69) is 0 Å². The zero-order valence-corrected chi connectivity index (χ0v) is 17.1. The van der Waals surface area contributed by atoms with Gasteiger partial charge in [-0.15, -0.1) is 0 Å². The fourth-order valence-electron chi connectivity index (χ4n) is 4.45. The van der Waals surface area contributed by atoms with Crippen molar-refractivity contribution in [2.45, 2.75) is 37.8 Å². The van der Waals surface area contributed by atoms with Crippen LogP contribution in [0.15, 0.2) is 54.1 Å². The number of benzene rings is 2. The molecule has 2 aromatic carbocycles. The number of ketones is 1. The molecule has 1 heterocycles. The molecular formula is C24H25FN2O3. The van der Waals surface area contributed by atoms with Crippen molar-refractivity contribution in [1.82, 2.24) is 4.90 Å². The Morgan fingerprint density at radius 2 is 1.60 bits per heavy atom. The summed E-state index contributed by atoms with van der Waals surface area (Å²) in [7, 11) is 3.88. The third-order valence-electron chi connectivity index (χ3n) is 6.04. The first-order valence-electron chi connectivity index (χ1n) is 10.2. The molecule has 1 unspecified atom stereocenters. The molecule has 156 valence electrons. The Balaban J connectivity index is 1.85. The van der Waals surface area contributed by atoms with Crippen LogP contribution in [0.2, 0.25) is 0 Å².